The summed E-state index contributed by atoms with van der Waals surface area (Å²) in [6.07, 6.45) is 4.33. The highest BCUT2D eigenvalue weighted by Crippen LogP contribution is 2.24. The quantitative estimate of drug-likeness (QED) is 0.886. The number of nitrogens with zero attached hydrogens (tertiary/aromatic N) is 3. The molecule has 6 nitrogen and oxygen atoms in total. The summed E-state index contributed by atoms with van der Waals surface area (Å²) in [4.78, 5) is 18.2. The first-order valence-corrected chi connectivity index (χ1v) is 7.95. The van der Waals surface area contributed by atoms with Gasteiger partial charge in [-0.2, -0.15) is 0 Å². The molecule has 2 aromatic heterocycles. The summed E-state index contributed by atoms with van der Waals surface area (Å²) in [5.41, 5.74) is -0.485. The molecule has 0 aliphatic carbocycles. The molecule has 3 heterocycles. The van der Waals surface area contributed by atoms with Crippen LogP contribution in [-0.2, 0) is 7.05 Å². The van der Waals surface area contributed by atoms with Crippen LogP contribution < -0.4 is 10.2 Å². The van der Waals surface area contributed by atoms with Crippen molar-refractivity contribution >= 4 is 11.7 Å². The Balaban J connectivity index is 1.63. The van der Waals surface area contributed by atoms with Crippen LogP contribution in [0, 0.1) is 5.82 Å². The van der Waals surface area contributed by atoms with E-state index in [1.54, 1.807) is 36.0 Å². The molecule has 1 amide bonds. The lowest BCUT2D eigenvalue weighted by atomic mass is 9.92. The predicted molar refractivity (Wildman–Crippen MR) is 88.3 cm³/mol. The van der Waals surface area contributed by atoms with Gasteiger partial charge >= 0.3 is 0 Å². The Morgan fingerprint density at radius 3 is 2.96 bits per heavy atom. The minimum absolute atomic E-state index is 0.161. The van der Waals surface area contributed by atoms with Crippen molar-refractivity contribution in [2.75, 3.05) is 24.5 Å². The summed E-state index contributed by atoms with van der Waals surface area (Å²) in [6.45, 7) is 1.25. The lowest BCUT2D eigenvalue weighted by Gasteiger charge is -2.39. The minimum Gasteiger partial charge on any atom is -0.386 e. The first-order chi connectivity index (χ1) is 11.5. The van der Waals surface area contributed by atoms with Gasteiger partial charge in [0.05, 0.1) is 11.8 Å². The number of rotatable bonds is 4. The first-order valence-electron chi connectivity index (χ1n) is 7.95. The molecule has 7 heteroatoms. The number of β-amino-alcohol motifs (C(OH)–C–C–N with tert-alkyl or cyclic N) is 1. The minimum atomic E-state index is -1.03. The fourth-order valence-electron chi connectivity index (χ4n) is 3.04. The normalized spacial score (nSPS) is 20.9. The van der Waals surface area contributed by atoms with E-state index in [1.165, 1.54) is 12.3 Å². The zero-order valence-electron chi connectivity index (χ0n) is 13.6. The molecule has 0 aromatic carbocycles. The van der Waals surface area contributed by atoms with Gasteiger partial charge in [-0.05, 0) is 37.1 Å². The molecule has 1 fully saturated rings. The fourth-order valence-corrected chi connectivity index (χ4v) is 3.04. The standard InChI is InChI=1S/C17H21FN4O2/c1-21-8-2-4-14(21)16(23)20-11-17(24)7-3-9-22(12-17)15-6-5-13(18)10-19-15/h2,4-6,8,10,24H,3,7,9,11-12H2,1H3,(H,20,23)/t17-/m0/s1. The number of carbonyl (C=O) groups excluding carboxylic acids is 1. The van der Waals surface area contributed by atoms with Crippen LogP contribution in [0.3, 0.4) is 0 Å². The van der Waals surface area contributed by atoms with Crippen molar-refractivity contribution in [3.63, 3.8) is 0 Å². The molecule has 1 saturated heterocycles. The van der Waals surface area contributed by atoms with E-state index in [-0.39, 0.29) is 18.3 Å². The van der Waals surface area contributed by atoms with E-state index in [0.717, 1.165) is 13.0 Å². The van der Waals surface area contributed by atoms with E-state index in [1.807, 2.05) is 4.90 Å². The van der Waals surface area contributed by atoms with E-state index in [4.69, 9.17) is 0 Å². The van der Waals surface area contributed by atoms with Crippen molar-refractivity contribution in [1.82, 2.24) is 14.9 Å². The summed E-state index contributed by atoms with van der Waals surface area (Å²) < 4.78 is 14.7. The third kappa shape index (κ3) is 3.56. The number of piperidine rings is 1. The van der Waals surface area contributed by atoms with Gasteiger partial charge in [0.2, 0.25) is 0 Å². The smallest absolute Gasteiger partial charge is 0.267 e. The second kappa shape index (κ2) is 6.60. The van der Waals surface area contributed by atoms with Crippen LogP contribution >= 0.6 is 0 Å². The Morgan fingerprint density at radius 1 is 1.46 bits per heavy atom. The lowest BCUT2D eigenvalue weighted by molar-refractivity contribution is 0.0253. The average molecular weight is 332 g/mol. The van der Waals surface area contributed by atoms with Crippen molar-refractivity contribution in [3.05, 3.63) is 48.2 Å². The van der Waals surface area contributed by atoms with Crippen molar-refractivity contribution in [3.8, 4) is 0 Å². The average Bonchev–Trinajstić information content (AvgIpc) is 3.00. The number of hydrogen-bond donors (Lipinski definition) is 2. The van der Waals surface area contributed by atoms with E-state index < -0.39 is 5.60 Å². The number of aromatic nitrogens is 2. The van der Waals surface area contributed by atoms with Gasteiger partial charge in [0.15, 0.2) is 0 Å². The number of nitrogens with one attached hydrogen (secondary N) is 1. The molecule has 24 heavy (non-hydrogen) atoms. The molecule has 0 spiro atoms. The third-order valence-corrected chi connectivity index (χ3v) is 4.35. The molecule has 0 saturated carbocycles. The van der Waals surface area contributed by atoms with Crippen LogP contribution in [0.4, 0.5) is 10.2 Å². The SMILES string of the molecule is Cn1cccc1C(=O)NC[C@@]1(O)CCCN(c2ccc(F)cn2)C1. The first kappa shape index (κ1) is 16.4. The van der Waals surface area contributed by atoms with Crippen LogP contribution in [-0.4, -0.2) is 45.8 Å². The molecule has 0 unspecified atom stereocenters. The molecule has 1 aliphatic heterocycles. The molecule has 3 rings (SSSR count). The molecule has 1 atom stereocenters. The summed E-state index contributed by atoms with van der Waals surface area (Å²) in [7, 11) is 1.80. The van der Waals surface area contributed by atoms with Crippen molar-refractivity contribution in [2.24, 2.45) is 7.05 Å². The van der Waals surface area contributed by atoms with Gasteiger partial charge in [0, 0.05) is 32.9 Å². The lowest BCUT2D eigenvalue weighted by Crippen LogP contribution is -2.54. The van der Waals surface area contributed by atoms with Crippen molar-refractivity contribution < 1.29 is 14.3 Å². The van der Waals surface area contributed by atoms with E-state index in [0.29, 0.717) is 24.5 Å². The van der Waals surface area contributed by atoms with E-state index in [9.17, 15) is 14.3 Å². The summed E-state index contributed by atoms with van der Waals surface area (Å²) in [5.74, 6) is 0.0251. The molecular weight excluding hydrogens is 311 g/mol. The zero-order valence-corrected chi connectivity index (χ0v) is 13.6. The molecular formula is C17H21FN4O2. The molecule has 2 aromatic rings. The van der Waals surface area contributed by atoms with Crippen LogP contribution in [0.2, 0.25) is 0 Å². The van der Waals surface area contributed by atoms with Crippen LogP contribution in [0.1, 0.15) is 23.3 Å². The van der Waals surface area contributed by atoms with Gasteiger partial charge in [-0.1, -0.05) is 0 Å². The Kier molecular flexibility index (Phi) is 4.53. The Bertz CT molecular complexity index is 716. The summed E-state index contributed by atoms with van der Waals surface area (Å²) in [6, 6.07) is 6.48. The number of aliphatic hydroxyl groups is 1. The highest BCUT2D eigenvalue weighted by molar-refractivity contribution is 5.92. The topological polar surface area (TPSA) is 70.4 Å². The predicted octanol–water partition coefficient (Wildman–Crippen LogP) is 1.32. The van der Waals surface area contributed by atoms with E-state index in [2.05, 4.69) is 10.3 Å². The maximum absolute atomic E-state index is 13.0. The van der Waals surface area contributed by atoms with Gasteiger partial charge in [-0.25, -0.2) is 9.37 Å². The second-order valence-electron chi connectivity index (χ2n) is 6.27. The van der Waals surface area contributed by atoms with Gasteiger partial charge in [-0.3, -0.25) is 4.79 Å². The van der Waals surface area contributed by atoms with Gasteiger partial charge in [-0.15, -0.1) is 0 Å². The molecule has 128 valence electrons. The maximum Gasteiger partial charge on any atom is 0.267 e. The van der Waals surface area contributed by atoms with Gasteiger partial charge < -0.3 is 19.9 Å². The monoisotopic (exact) mass is 332 g/mol. The zero-order chi connectivity index (χ0) is 17.2. The van der Waals surface area contributed by atoms with Crippen LogP contribution in [0.25, 0.3) is 0 Å². The Hall–Kier alpha value is -2.41. The van der Waals surface area contributed by atoms with E-state index >= 15 is 0 Å². The highest BCUT2D eigenvalue weighted by atomic mass is 19.1. The number of anilines is 1. The second-order valence-corrected chi connectivity index (χ2v) is 6.27. The molecule has 0 radical (unpaired) electrons. The Morgan fingerprint density at radius 2 is 2.29 bits per heavy atom. The highest BCUT2D eigenvalue weighted by Gasteiger charge is 2.34. The van der Waals surface area contributed by atoms with Crippen molar-refractivity contribution in [2.45, 2.75) is 18.4 Å². The van der Waals surface area contributed by atoms with Gasteiger partial charge in [0.1, 0.15) is 17.3 Å². The van der Waals surface area contributed by atoms with Crippen molar-refractivity contribution in [1.29, 1.82) is 0 Å². The Labute approximate surface area is 139 Å². The number of pyridine rings is 1. The number of amides is 1. The number of halogens is 1. The molecule has 1 aliphatic rings. The fraction of sp³-hybridized carbons (Fsp3) is 0.412. The summed E-state index contributed by atoms with van der Waals surface area (Å²) >= 11 is 0. The number of carbonyl (C=O) groups is 1. The molecule has 0 bridgehead atoms. The van der Waals surface area contributed by atoms with Crippen LogP contribution in [0.5, 0.6) is 0 Å². The molecule has 2 N–H and O–H groups in total. The number of aryl methyl sites for hydroxylation is 1. The largest absolute Gasteiger partial charge is 0.386 e. The van der Waals surface area contributed by atoms with Gasteiger partial charge in [0.25, 0.3) is 5.91 Å². The third-order valence-electron chi connectivity index (χ3n) is 4.35. The summed E-state index contributed by atoms with van der Waals surface area (Å²) in [5, 5.41) is 13.6. The van der Waals surface area contributed by atoms with Crippen LogP contribution in [0.15, 0.2) is 36.7 Å². The maximum atomic E-state index is 13.0. The number of hydrogen-bond acceptors (Lipinski definition) is 4.